The number of nitro benzene ring substituents is 1. The van der Waals surface area contributed by atoms with E-state index in [1.54, 1.807) is 18.2 Å². The maximum absolute atomic E-state index is 13.2. The molecule has 0 fully saturated rings. The summed E-state index contributed by atoms with van der Waals surface area (Å²) < 4.78 is 26.6. The fourth-order valence-electron chi connectivity index (χ4n) is 3.71. The zero-order valence-corrected chi connectivity index (χ0v) is 26.6. The van der Waals surface area contributed by atoms with Crippen LogP contribution in [-0.4, -0.2) is 13.3 Å². The van der Waals surface area contributed by atoms with Gasteiger partial charge in [0, 0.05) is 31.8 Å². The molecule has 1 heterocycles. The van der Waals surface area contributed by atoms with Crippen LogP contribution in [0.4, 0.5) is 5.69 Å². The summed E-state index contributed by atoms with van der Waals surface area (Å²) >= 11 is 8.74. The molecule has 9 heteroatoms. The van der Waals surface area contributed by atoms with Crippen LogP contribution in [0.15, 0.2) is 118 Å². The van der Waals surface area contributed by atoms with Gasteiger partial charge in [-0.2, -0.15) is 0 Å². The molecule has 0 saturated carbocycles. The highest BCUT2D eigenvalue weighted by molar-refractivity contribution is 8.16. The predicted molar refractivity (Wildman–Crippen MR) is 175 cm³/mol. The zero-order valence-electron chi connectivity index (χ0n) is 23.4. The molecule has 3 aromatic rings. The van der Waals surface area contributed by atoms with Crippen LogP contribution in [0.2, 0.25) is 5.02 Å². The Balaban J connectivity index is 1.98. The van der Waals surface area contributed by atoms with Crippen molar-refractivity contribution in [1.82, 2.24) is 0 Å². The van der Waals surface area contributed by atoms with E-state index in [0.717, 1.165) is 39.4 Å². The van der Waals surface area contributed by atoms with Gasteiger partial charge in [0.2, 0.25) is 9.84 Å². The molecule has 214 valence electrons. The molecule has 0 bridgehead atoms. The van der Waals surface area contributed by atoms with Crippen LogP contribution in [0.5, 0.6) is 0 Å². The van der Waals surface area contributed by atoms with Gasteiger partial charge in [-0.1, -0.05) is 93.7 Å². The average Bonchev–Trinajstić information content (AvgIpc) is 3.42. The number of non-ortho nitro benzene ring substituents is 1. The fourth-order valence-corrected chi connectivity index (χ4v) is 7.60. The molecule has 0 atom stereocenters. The van der Waals surface area contributed by atoms with E-state index in [2.05, 4.69) is 46.1 Å². The molecule has 0 aliphatic rings. The Hall–Kier alpha value is -3.17. The van der Waals surface area contributed by atoms with Crippen LogP contribution in [0.25, 0.3) is 9.81 Å². The second kappa shape index (κ2) is 13.7. The van der Waals surface area contributed by atoms with Crippen molar-refractivity contribution in [2.24, 2.45) is 5.41 Å². The molecule has 0 radical (unpaired) electrons. The summed E-state index contributed by atoms with van der Waals surface area (Å²) in [4.78, 5) is 12.7. The molecule has 41 heavy (non-hydrogen) atoms. The molecule has 5 nitrogen and oxygen atoms in total. The number of sulfone groups is 1. The number of nitro groups is 1. The standard InChI is InChI=1S/C32H32ClNO4S3/c1-7-9-24(10-8-21-32(4,5)6)22(2)31(25-11-13-26(33)14-12-25)39-23(3)29-19-20-30(40-29)41(37,38)28-17-15-27(16-18-28)34(35)36/h7-20H,1,3,21H2,2,4-6H3/b10-8-,24-9+,31-22+. The molecule has 0 spiro atoms. The summed E-state index contributed by atoms with van der Waals surface area (Å²) in [6.45, 7) is 16.8. The third-order valence-corrected chi connectivity index (χ3v) is 10.9. The van der Waals surface area contributed by atoms with Gasteiger partial charge >= 0.3 is 0 Å². The average molecular weight is 626 g/mol. The first-order valence-corrected chi connectivity index (χ1v) is 16.2. The highest BCUT2D eigenvalue weighted by atomic mass is 35.5. The lowest BCUT2D eigenvalue weighted by atomic mass is 9.91. The van der Waals surface area contributed by atoms with Crippen LogP contribution >= 0.6 is 34.7 Å². The van der Waals surface area contributed by atoms with Crippen molar-refractivity contribution in [3.8, 4) is 0 Å². The molecule has 1 aromatic heterocycles. The lowest BCUT2D eigenvalue weighted by molar-refractivity contribution is -0.384. The van der Waals surface area contributed by atoms with Crippen LogP contribution in [-0.2, 0) is 9.84 Å². The lowest BCUT2D eigenvalue weighted by Gasteiger charge is -2.16. The Labute approximate surface area is 255 Å². The summed E-state index contributed by atoms with van der Waals surface area (Å²) in [5.74, 6) is 0. The molecular weight excluding hydrogens is 594 g/mol. The van der Waals surface area contributed by atoms with Crippen molar-refractivity contribution in [3.63, 3.8) is 0 Å². The minimum atomic E-state index is -3.85. The van der Waals surface area contributed by atoms with E-state index in [4.69, 9.17) is 11.6 Å². The van der Waals surface area contributed by atoms with Gasteiger partial charge in [-0.3, -0.25) is 10.1 Å². The lowest BCUT2D eigenvalue weighted by Crippen LogP contribution is -2.01. The van der Waals surface area contributed by atoms with Gasteiger partial charge in [0.15, 0.2) is 0 Å². The number of benzene rings is 2. The smallest absolute Gasteiger partial charge is 0.258 e. The van der Waals surface area contributed by atoms with Crippen molar-refractivity contribution in [2.45, 2.75) is 43.2 Å². The second-order valence-corrected chi connectivity index (χ2v) is 15.2. The Bertz CT molecular complexity index is 1640. The number of nitrogens with zero attached hydrogens (tertiary/aromatic N) is 1. The molecule has 0 N–H and O–H groups in total. The maximum atomic E-state index is 13.2. The largest absolute Gasteiger partial charge is 0.269 e. The van der Waals surface area contributed by atoms with E-state index in [1.807, 2.05) is 37.3 Å². The van der Waals surface area contributed by atoms with E-state index >= 15 is 0 Å². The Morgan fingerprint density at radius 3 is 2.27 bits per heavy atom. The van der Waals surface area contributed by atoms with Gasteiger partial charge in [0.1, 0.15) is 4.21 Å². The van der Waals surface area contributed by atoms with Crippen molar-refractivity contribution >= 4 is 60.0 Å². The van der Waals surface area contributed by atoms with Crippen molar-refractivity contribution < 1.29 is 13.3 Å². The van der Waals surface area contributed by atoms with Crippen LogP contribution in [0.3, 0.4) is 0 Å². The van der Waals surface area contributed by atoms with Gasteiger partial charge in [-0.05, 0) is 71.9 Å². The Morgan fingerprint density at radius 2 is 1.71 bits per heavy atom. The molecule has 0 amide bonds. The van der Waals surface area contributed by atoms with Gasteiger partial charge in [-0.15, -0.1) is 11.3 Å². The topological polar surface area (TPSA) is 77.3 Å². The normalized spacial score (nSPS) is 13.2. The summed E-state index contributed by atoms with van der Waals surface area (Å²) in [5.41, 5.74) is 2.95. The summed E-state index contributed by atoms with van der Waals surface area (Å²) in [6.07, 6.45) is 8.89. The molecule has 0 unspecified atom stereocenters. The van der Waals surface area contributed by atoms with E-state index in [0.29, 0.717) is 14.8 Å². The fraction of sp³-hybridized carbons (Fsp3) is 0.188. The molecule has 0 aliphatic carbocycles. The van der Waals surface area contributed by atoms with E-state index in [9.17, 15) is 18.5 Å². The Morgan fingerprint density at radius 1 is 1.07 bits per heavy atom. The number of allylic oxidation sites excluding steroid dienone is 6. The third-order valence-electron chi connectivity index (χ3n) is 5.91. The monoisotopic (exact) mass is 625 g/mol. The van der Waals surface area contributed by atoms with Crippen LogP contribution < -0.4 is 0 Å². The van der Waals surface area contributed by atoms with E-state index in [1.165, 1.54) is 36.0 Å². The number of thioether (sulfide) groups is 1. The quantitative estimate of drug-likeness (QED) is 0.120. The SMILES string of the molecule is C=C/C=C(\C=C/CC(C)(C)C)C(/C)=C(/SC(=C)c1ccc(S(=O)(=O)c2ccc([N+](=O)[O-])cc2)s1)c1ccc(Cl)cc1. The van der Waals surface area contributed by atoms with Crippen molar-refractivity contribution in [1.29, 1.82) is 0 Å². The van der Waals surface area contributed by atoms with Crippen LogP contribution in [0, 0.1) is 15.5 Å². The third kappa shape index (κ3) is 8.66. The highest BCUT2D eigenvalue weighted by Crippen LogP contribution is 2.44. The molecular formula is C32H32ClNO4S3. The van der Waals surface area contributed by atoms with Crippen molar-refractivity contribution in [3.05, 3.63) is 135 Å². The van der Waals surface area contributed by atoms with Gasteiger partial charge in [-0.25, -0.2) is 8.42 Å². The second-order valence-electron chi connectivity index (χ2n) is 10.4. The number of thiophene rings is 1. The number of rotatable bonds is 11. The van der Waals surface area contributed by atoms with Crippen molar-refractivity contribution in [2.75, 3.05) is 0 Å². The number of halogens is 1. The first-order valence-electron chi connectivity index (χ1n) is 12.7. The maximum Gasteiger partial charge on any atom is 0.269 e. The summed E-state index contributed by atoms with van der Waals surface area (Å²) in [6, 6.07) is 15.7. The highest BCUT2D eigenvalue weighted by Gasteiger charge is 2.22. The van der Waals surface area contributed by atoms with E-state index < -0.39 is 14.8 Å². The number of hydrogen-bond donors (Lipinski definition) is 0. The molecule has 0 saturated heterocycles. The number of hydrogen-bond acceptors (Lipinski definition) is 6. The minimum Gasteiger partial charge on any atom is -0.258 e. The molecule has 0 aliphatic heterocycles. The Kier molecular flexibility index (Phi) is 10.8. The predicted octanol–water partition coefficient (Wildman–Crippen LogP) is 10.4. The van der Waals surface area contributed by atoms with Gasteiger partial charge in [0.05, 0.1) is 9.82 Å². The summed E-state index contributed by atoms with van der Waals surface area (Å²) in [7, 11) is -3.85. The molecule has 3 rings (SSSR count). The van der Waals surface area contributed by atoms with Crippen LogP contribution in [0.1, 0.15) is 44.6 Å². The van der Waals surface area contributed by atoms with Gasteiger partial charge in [0.25, 0.3) is 5.69 Å². The first kappa shape index (κ1) is 32.3. The minimum absolute atomic E-state index is 0.00592. The zero-order chi connectivity index (χ0) is 30.4. The molecule has 2 aromatic carbocycles. The van der Waals surface area contributed by atoms with Gasteiger partial charge < -0.3 is 0 Å². The first-order chi connectivity index (χ1) is 19.2. The van der Waals surface area contributed by atoms with E-state index in [-0.39, 0.29) is 20.2 Å². The summed E-state index contributed by atoms with van der Waals surface area (Å²) in [5, 5.41) is 11.6.